The van der Waals surface area contributed by atoms with Crippen LogP contribution < -0.4 is 5.32 Å². The topological polar surface area (TPSA) is 88.4 Å². The van der Waals surface area contributed by atoms with Gasteiger partial charge in [0.25, 0.3) is 10.0 Å². The number of hydrogen-bond donors (Lipinski definition) is 2. The number of benzene rings is 2. The van der Waals surface area contributed by atoms with Crippen LogP contribution >= 0.6 is 12.4 Å². The van der Waals surface area contributed by atoms with Crippen molar-refractivity contribution in [3.8, 4) is 11.3 Å². The van der Waals surface area contributed by atoms with Gasteiger partial charge in [0, 0.05) is 12.7 Å². The molecule has 6 nitrogen and oxygen atoms in total. The summed E-state index contributed by atoms with van der Waals surface area (Å²) >= 11 is 0. The van der Waals surface area contributed by atoms with Gasteiger partial charge in [0.15, 0.2) is 0 Å². The van der Waals surface area contributed by atoms with E-state index in [0.29, 0.717) is 12.2 Å². The zero-order valence-corrected chi connectivity index (χ0v) is 16.1. The van der Waals surface area contributed by atoms with Crippen LogP contribution in [0.15, 0.2) is 71.8 Å². The average molecular weight is 407 g/mol. The Hall–Kier alpha value is -2.61. The van der Waals surface area contributed by atoms with E-state index in [9.17, 15) is 18.3 Å². The van der Waals surface area contributed by atoms with Crippen LogP contribution in [0.1, 0.15) is 15.9 Å². The van der Waals surface area contributed by atoms with Gasteiger partial charge in [-0.15, -0.1) is 12.4 Å². The molecule has 0 aliphatic carbocycles. The average Bonchev–Trinajstić information content (AvgIpc) is 3.07. The Bertz CT molecular complexity index is 1050. The molecular weight excluding hydrogens is 388 g/mol. The van der Waals surface area contributed by atoms with Gasteiger partial charge in [-0.1, -0.05) is 42.5 Å². The first-order valence-corrected chi connectivity index (χ1v) is 9.38. The molecule has 0 unspecified atom stereocenters. The molecule has 0 radical (unpaired) electrons. The number of nitrogens with zero attached hydrogens (tertiary/aromatic N) is 1. The molecule has 0 fully saturated rings. The smallest absolute Gasteiger partial charge is 0.337 e. The van der Waals surface area contributed by atoms with Crippen molar-refractivity contribution in [2.45, 2.75) is 11.4 Å². The number of aromatic carboxylic acids is 1. The Morgan fingerprint density at radius 2 is 1.70 bits per heavy atom. The normalized spacial score (nSPS) is 11.0. The van der Waals surface area contributed by atoms with Gasteiger partial charge in [-0.05, 0) is 36.4 Å². The highest BCUT2D eigenvalue weighted by molar-refractivity contribution is 7.90. The molecule has 1 heterocycles. The van der Waals surface area contributed by atoms with Gasteiger partial charge in [0.05, 0.1) is 11.3 Å². The molecule has 3 aromatic rings. The van der Waals surface area contributed by atoms with Crippen molar-refractivity contribution < 1.29 is 18.3 Å². The number of carbonyl (C=O) groups is 1. The first-order valence-electron chi connectivity index (χ1n) is 7.94. The van der Waals surface area contributed by atoms with Crippen LogP contribution in [0.2, 0.25) is 0 Å². The second kappa shape index (κ2) is 8.39. The minimum absolute atomic E-state index is 0. The summed E-state index contributed by atoms with van der Waals surface area (Å²) in [6, 6.07) is 16.5. The number of hydrogen-bond acceptors (Lipinski definition) is 4. The summed E-state index contributed by atoms with van der Waals surface area (Å²) in [5.41, 5.74) is 1.74. The van der Waals surface area contributed by atoms with Gasteiger partial charge in [-0.25, -0.2) is 17.2 Å². The molecule has 142 valence electrons. The number of rotatable bonds is 6. The summed E-state index contributed by atoms with van der Waals surface area (Å²) in [5, 5.41) is 12.4. The third-order valence-electron chi connectivity index (χ3n) is 3.95. The largest absolute Gasteiger partial charge is 0.478 e. The Morgan fingerprint density at radius 3 is 2.33 bits per heavy atom. The molecule has 2 aromatic carbocycles. The lowest BCUT2D eigenvalue weighted by molar-refractivity contribution is 0.0692. The van der Waals surface area contributed by atoms with Gasteiger partial charge in [0.2, 0.25) is 0 Å². The van der Waals surface area contributed by atoms with Crippen LogP contribution in [0.3, 0.4) is 0 Å². The molecule has 0 saturated carbocycles. The summed E-state index contributed by atoms with van der Waals surface area (Å²) in [5.74, 6) is -1.28. The third kappa shape index (κ3) is 4.05. The summed E-state index contributed by atoms with van der Waals surface area (Å²) in [6.45, 7) is 0.489. The highest BCUT2D eigenvalue weighted by Gasteiger charge is 2.26. The van der Waals surface area contributed by atoms with Gasteiger partial charge in [-0.3, -0.25) is 0 Å². The molecule has 0 amide bonds. The summed E-state index contributed by atoms with van der Waals surface area (Å²) in [6.07, 6.45) is 1.52. The molecule has 8 heteroatoms. The summed E-state index contributed by atoms with van der Waals surface area (Å²) in [4.78, 5) is 11.2. The van der Waals surface area contributed by atoms with E-state index in [1.807, 2.05) is 30.3 Å². The third-order valence-corrected chi connectivity index (χ3v) is 5.68. The monoisotopic (exact) mass is 406 g/mol. The van der Waals surface area contributed by atoms with Gasteiger partial charge in [-0.2, -0.15) is 0 Å². The lowest BCUT2D eigenvalue weighted by Gasteiger charge is -2.12. The van der Waals surface area contributed by atoms with Gasteiger partial charge < -0.3 is 10.4 Å². The second-order valence-corrected chi connectivity index (χ2v) is 7.52. The second-order valence-electron chi connectivity index (χ2n) is 5.73. The highest BCUT2D eigenvalue weighted by Crippen LogP contribution is 2.28. The van der Waals surface area contributed by atoms with Crippen LogP contribution in [0.5, 0.6) is 0 Å². The Morgan fingerprint density at radius 1 is 1.07 bits per heavy atom. The predicted octanol–water partition coefficient (Wildman–Crippen LogP) is 3.23. The van der Waals surface area contributed by atoms with Crippen molar-refractivity contribution in [3.63, 3.8) is 0 Å². The molecule has 27 heavy (non-hydrogen) atoms. The minimum Gasteiger partial charge on any atom is -0.478 e. The van der Waals surface area contributed by atoms with Gasteiger partial charge in [0.1, 0.15) is 4.90 Å². The molecule has 2 N–H and O–H groups in total. The quantitative estimate of drug-likeness (QED) is 0.656. The van der Waals surface area contributed by atoms with Crippen molar-refractivity contribution >= 4 is 28.4 Å². The molecular formula is C19H19ClN2O4S. The van der Waals surface area contributed by atoms with Crippen molar-refractivity contribution in [2.24, 2.45) is 0 Å². The number of nitrogens with one attached hydrogen (secondary N) is 1. The van der Waals surface area contributed by atoms with Crippen LogP contribution in [0.25, 0.3) is 11.3 Å². The maximum atomic E-state index is 13.3. The predicted molar refractivity (Wildman–Crippen MR) is 106 cm³/mol. The van der Waals surface area contributed by atoms with Gasteiger partial charge >= 0.3 is 5.97 Å². The number of carboxylic acids is 1. The molecule has 0 spiro atoms. The maximum absolute atomic E-state index is 13.3. The van der Waals surface area contributed by atoms with Crippen LogP contribution in [-0.2, 0) is 16.6 Å². The van der Waals surface area contributed by atoms with E-state index in [0.717, 1.165) is 15.1 Å². The molecule has 3 rings (SSSR count). The van der Waals surface area contributed by atoms with Crippen molar-refractivity contribution in [3.05, 3.63) is 78.0 Å². The van der Waals surface area contributed by atoms with Crippen LogP contribution in [-0.4, -0.2) is 30.5 Å². The Balaban J connectivity index is 0.00000261. The van der Waals surface area contributed by atoms with Crippen molar-refractivity contribution in [1.82, 2.24) is 9.29 Å². The maximum Gasteiger partial charge on any atom is 0.337 e. The molecule has 0 bridgehead atoms. The van der Waals surface area contributed by atoms with E-state index in [2.05, 4.69) is 5.32 Å². The van der Waals surface area contributed by atoms with E-state index in [1.165, 1.54) is 30.5 Å². The lowest BCUT2D eigenvalue weighted by atomic mass is 10.1. The van der Waals surface area contributed by atoms with Crippen molar-refractivity contribution in [2.75, 3.05) is 7.05 Å². The highest BCUT2D eigenvalue weighted by atomic mass is 35.5. The first kappa shape index (κ1) is 20.7. The van der Waals surface area contributed by atoms with Crippen LogP contribution in [0, 0.1) is 0 Å². The van der Waals surface area contributed by atoms with E-state index in [-0.39, 0.29) is 22.9 Å². The first-order chi connectivity index (χ1) is 12.4. The summed E-state index contributed by atoms with van der Waals surface area (Å²) in [7, 11) is -2.31. The van der Waals surface area contributed by atoms with E-state index in [1.54, 1.807) is 13.1 Å². The number of carboxylic acid groups (broad SMARTS) is 1. The number of halogens is 1. The molecule has 1 aromatic heterocycles. The Labute approximate surface area is 163 Å². The molecule has 0 aliphatic heterocycles. The standard InChI is InChI=1S/C19H18N2O4S.ClH/c1-20-12-14-11-17(15-7-3-2-4-8-15)21(13-14)26(24,25)18-10-6-5-9-16(18)19(22)23;/h2-11,13,20H,12H2,1H3,(H,22,23);1H. The van der Waals surface area contributed by atoms with Crippen LogP contribution in [0.4, 0.5) is 0 Å². The van der Waals surface area contributed by atoms with Crippen molar-refractivity contribution in [1.29, 1.82) is 0 Å². The number of aromatic nitrogens is 1. The zero-order chi connectivity index (χ0) is 18.7. The molecule has 0 atom stereocenters. The molecule has 0 aliphatic rings. The minimum atomic E-state index is -4.08. The zero-order valence-electron chi connectivity index (χ0n) is 14.5. The van der Waals surface area contributed by atoms with E-state index >= 15 is 0 Å². The van der Waals surface area contributed by atoms with E-state index < -0.39 is 16.0 Å². The Kier molecular flexibility index (Phi) is 6.43. The SMILES string of the molecule is CNCc1cc(-c2ccccc2)n(S(=O)(=O)c2ccccc2C(=O)O)c1.Cl. The fourth-order valence-electron chi connectivity index (χ4n) is 2.79. The molecule has 0 saturated heterocycles. The lowest BCUT2D eigenvalue weighted by Crippen LogP contribution is -2.17. The van der Waals surface area contributed by atoms with E-state index in [4.69, 9.17) is 0 Å². The summed E-state index contributed by atoms with van der Waals surface area (Å²) < 4.78 is 27.6. The fourth-order valence-corrected chi connectivity index (χ4v) is 4.38. The fraction of sp³-hybridized carbons (Fsp3) is 0.105.